The smallest absolute Gasteiger partial charge is 0.370 e. The normalized spacial score (nSPS) is 13.2. The van der Waals surface area contributed by atoms with Gasteiger partial charge < -0.3 is 10.2 Å². The summed E-state index contributed by atoms with van der Waals surface area (Å²) in [4.78, 5) is 50.5. The number of nitrogens with one attached hydrogen (secondary N) is 1. The first kappa shape index (κ1) is 23.7. The van der Waals surface area contributed by atoms with Crippen molar-refractivity contribution in [3.63, 3.8) is 0 Å². The van der Waals surface area contributed by atoms with Crippen molar-refractivity contribution < 1.29 is 32.5 Å². The van der Waals surface area contributed by atoms with E-state index in [1.807, 2.05) is 0 Å². The predicted molar refractivity (Wildman–Crippen MR) is 112 cm³/mol. The van der Waals surface area contributed by atoms with E-state index in [4.69, 9.17) is 0 Å². The lowest BCUT2D eigenvalue weighted by Crippen LogP contribution is -2.37. The standard InChI is InChI=1S/C21H19F3N4O5/c1-3-26(4-2)15-9-8-12(21(22,23)24)10-14(15)25-17(29)11-27-19(30)13-6-5-7-16(28(32)33)18(13)20(27)31/h5-10H,3-4,11H2,1-2H3,(H,25,29). The van der Waals surface area contributed by atoms with Gasteiger partial charge in [-0.2, -0.15) is 13.2 Å². The first-order chi connectivity index (χ1) is 15.5. The number of rotatable bonds is 7. The molecule has 0 fully saturated rings. The van der Waals surface area contributed by atoms with Crippen LogP contribution in [0.5, 0.6) is 0 Å². The second-order valence-electron chi connectivity index (χ2n) is 7.10. The number of nitro benzene ring substituents is 1. The molecule has 33 heavy (non-hydrogen) atoms. The zero-order valence-electron chi connectivity index (χ0n) is 17.6. The molecule has 1 aliphatic heterocycles. The van der Waals surface area contributed by atoms with Gasteiger partial charge in [0.2, 0.25) is 5.91 Å². The quantitative estimate of drug-likeness (QED) is 0.380. The first-order valence-corrected chi connectivity index (χ1v) is 9.89. The lowest BCUT2D eigenvalue weighted by atomic mass is 10.1. The third kappa shape index (κ3) is 4.49. The zero-order chi connectivity index (χ0) is 24.5. The molecule has 0 radical (unpaired) electrons. The Kier molecular flexibility index (Phi) is 6.38. The Balaban J connectivity index is 1.89. The van der Waals surface area contributed by atoms with Crippen LogP contribution in [0.25, 0.3) is 0 Å². The number of hydrogen-bond donors (Lipinski definition) is 1. The van der Waals surface area contributed by atoms with Crippen molar-refractivity contribution >= 4 is 34.8 Å². The summed E-state index contributed by atoms with van der Waals surface area (Å²) in [6.07, 6.45) is -4.65. The molecule has 0 unspecified atom stereocenters. The number of anilines is 2. The average molecular weight is 464 g/mol. The highest BCUT2D eigenvalue weighted by Crippen LogP contribution is 2.36. The number of imide groups is 1. The van der Waals surface area contributed by atoms with Crippen LogP contribution < -0.4 is 10.2 Å². The first-order valence-electron chi connectivity index (χ1n) is 9.89. The van der Waals surface area contributed by atoms with Gasteiger partial charge in [0.25, 0.3) is 17.5 Å². The van der Waals surface area contributed by atoms with Crippen molar-refractivity contribution in [2.75, 3.05) is 29.9 Å². The monoisotopic (exact) mass is 464 g/mol. The van der Waals surface area contributed by atoms with E-state index >= 15 is 0 Å². The SMILES string of the molecule is CCN(CC)c1ccc(C(F)(F)F)cc1NC(=O)CN1C(=O)c2cccc([N+](=O)[O-])c2C1=O. The van der Waals surface area contributed by atoms with Crippen LogP contribution in [0.15, 0.2) is 36.4 Å². The highest BCUT2D eigenvalue weighted by molar-refractivity contribution is 6.24. The molecule has 0 saturated carbocycles. The third-order valence-electron chi connectivity index (χ3n) is 5.18. The molecule has 1 N–H and O–H groups in total. The molecule has 3 rings (SSSR count). The molecule has 2 aromatic carbocycles. The number of halogens is 3. The number of amides is 3. The van der Waals surface area contributed by atoms with Gasteiger partial charge in [0.15, 0.2) is 0 Å². The number of alkyl halides is 3. The van der Waals surface area contributed by atoms with Crippen LogP contribution >= 0.6 is 0 Å². The van der Waals surface area contributed by atoms with Gasteiger partial charge in [-0.15, -0.1) is 0 Å². The Morgan fingerprint density at radius 2 is 1.79 bits per heavy atom. The van der Waals surface area contributed by atoms with Gasteiger partial charge in [0.05, 0.1) is 27.4 Å². The number of hydrogen-bond acceptors (Lipinski definition) is 6. The van der Waals surface area contributed by atoms with Gasteiger partial charge >= 0.3 is 6.18 Å². The fraction of sp³-hybridized carbons (Fsp3) is 0.286. The molecule has 2 aromatic rings. The summed E-state index contributed by atoms with van der Waals surface area (Å²) in [6, 6.07) is 6.44. The minimum absolute atomic E-state index is 0.138. The van der Waals surface area contributed by atoms with E-state index in [2.05, 4.69) is 5.32 Å². The van der Waals surface area contributed by atoms with E-state index in [1.54, 1.807) is 18.7 Å². The van der Waals surface area contributed by atoms with Crippen LogP contribution in [0.1, 0.15) is 40.1 Å². The Bertz CT molecular complexity index is 1150. The summed E-state index contributed by atoms with van der Waals surface area (Å²) in [5, 5.41) is 13.5. The topological polar surface area (TPSA) is 113 Å². The number of fused-ring (bicyclic) bond motifs is 1. The Morgan fingerprint density at radius 3 is 2.36 bits per heavy atom. The van der Waals surface area contributed by atoms with Crippen molar-refractivity contribution in [3.05, 3.63) is 63.2 Å². The number of nitrogens with zero attached hydrogens (tertiary/aromatic N) is 3. The number of carbonyl (C=O) groups is 3. The van der Waals surface area contributed by atoms with E-state index in [0.29, 0.717) is 23.7 Å². The van der Waals surface area contributed by atoms with Crippen molar-refractivity contribution in [2.24, 2.45) is 0 Å². The molecule has 9 nitrogen and oxygen atoms in total. The molecule has 0 spiro atoms. The van der Waals surface area contributed by atoms with Crippen LogP contribution in [0.3, 0.4) is 0 Å². The van der Waals surface area contributed by atoms with Gasteiger partial charge in [-0.25, -0.2) is 0 Å². The van der Waals surface area contributed by atoms with E-state index in [1.165, 1.54) is 18.2 Å². The van der Waals surface area contributed by atoms with E-state index in [9.17, 15) is 37.7 Å². The third-order valence-corrected chi connectivity index (χ3v) is 5.18. The molecule has 1 aliphatic rings. The molecule has 3 amide bonds. The van der Waals surface area contributed by atoms with Gasteiger partial charge in [-0.1, -0.05) is 6.07 Å². The Labute approximate surface area is 185 Å². The summed E-state index contributed by atoms with van der Waals surface area (Å²) in [5.74, 6) is -2.85. The molecule has 12 heteroatoms. The Hall–Kier alpha value is -3.96. The largest absolute Gasteiger partial charge is 0.416 e. The second-order valence-corrected chi connectivity index (χ2v) is 7.10. The number of benzene rings is 2. The van der Waals surface area contributed by atoms with Crippen molar-refractivity contribution in [1.82, 2.24) is 4.90 Å². The minimum atomic E-state index is -4.65. The van der Waals surface area contributed by atoms with Crippen molar-refractivity contribution in [2.45, 2.75) is 20.0 Å². The second kappa shape index (κ2) is 8.88. The minimum Gasteiger partial charge on any atom is -0.370 e. The highest BCUT2D eigenvalue weighted by Gasteiger charge is 2.41. The maximum atomic E-state index is 13.2. The maximum absolute atomic E-state index is 13.2. The maximum Gasteiger partial charge on any atom is 0.416 e. The molecular weight excluding hydrogens is 445 g/mol. The fourth-order valence-electron chi connectivity index (χ4n) is 3.60. The summed E-state index contributed by atoms with van der Waals surface area (Å²) in [6.45, 7) is 3.66. The average Bonchev–Trinajstić information content (AvgIpc) is 2.99. The van der Waals surface area contributed by atoms with Crippen LogP contribution in [0.2, 0.25) is 0 Å². The van der Waals surface area contributed by atoms with Gasteiger partial charge in [0, 0.05) is 19.2 Å². The van der Waals surface area contributed by atoms with Gasteiger partial charge in [0.1, 0.15) is 12.1 Å². The van der Waals surface area contributed by atoms with Crippen LogP contribution in [0, 0.1) is 10.1 Å². The predicted octanol–water partition coefficient (Wildman–Crippen LogP) is 3.69. The lowest BCUT2D eigenvalue weighted by molar-refractivity contribution is -0.385. The zero-order valence-corrected chi connectivity index (χ0v) is 17.6. The van der Waals surface area contributed by atoms with Crippen LogP contribution in [0.4, 0.5) is 30.2 Å². The Morgan fingerprint density at radius 1 is 1.12 bits per heavy atom. The fourth-order valence-corrected chi connectivity index (χ4v) is 3.60. The van der Waals surface area contributed by atoms with E-state index < -0.39 is 52.2 Å². The van der Waals surface area contributed by atoms with Crippen LogP contribution in [-0.4, -0.2) is 47.2 Å². The molecule has 0 atom stereocenters. The summed E-state index contributed by atoms with van der Waals surface area (Å²) < 4.78 is 39.6. The summed E-state index contributed by atoms with van der Waals surface area (Å²) in [7, 11) is 0. The highest BCUT2D eigenvalue weighted by atomic mass is 19.4. The molecule has 0 aromatic heterocycles. The van der Waals surface area contributed by atoms with E-state index in [0.717, 1.165) is 18.2 Å². The molecular formula is C21H19F3N4O5. The molecule has 0 bridgehead atoms. The van der Waals surface area contributed by atoms with Gasteiger partial charge in [-0.3, -0.25) is 29.4 Å². The summed E-state index contributed by atoms with van der Waals surface area (Å²) >= 11 is 0. The van der Waals surface area contributed by atoms with E-state index in [-0.39, 0.29) is 11.3 Å². The van der Waals surface area contributed by atoms with Gasteiger partial charge in [-0.05, 0) is 38.1 Å². The molecule has 1 heterocycles. The molecule has 0 saturated heterocycles. The molecule has 0 aliphatic carbocycles. The number of nitro groups is 1. The molecule has 174 valence electrons. The van der Waals surface area contributed by atoms with Crippen molar-refractivity contribution in [3.8, 4) is 0 Å². The lowest BCUT2D eigenvalue weighted by Gasteiger charge is -2.25. The number of carbonyl (C=O) groups excluding carboxylic acids is 3. The summed E-state index contributed by atoms with van der Waals surface area (Å²) in [5.41, 5.74) is -2.01. The van der Waals surface area contributed by atoms with Crippen LogP contribution in [-0.2, 0) is 11.0 Å². The van der Waals surface area contributed by atoms with Crippen molar-refractivity contribution in [1.29, 1.82) is 0 Å².